The Morgan fingerprint density at radius 3 is 2.68 bits per heavy atom. The summed E-state index contributed by atoms with van der Waals surface area (Å²) in [5.41, 5.74) is 0.873. The van der Waals surface area contributed by atoms with E-state index in [-0.39, 0.29) is 18.2 Å². The Morgan fingerprint density at radius 1 is 1.20 bits per heavy atom. The number of rotatable bonds is 6. The lowest BCUT2D eigenvalue weighted by molar-refractivity contribution is -0.119. The molecule has 1 aromatic carbocycles. The second-order valence-corrected chi connectivity index (χ2v) is 7.55. The van der Waals surface area contributed by atoms with E-state index in [1.54, 1.807) is 40.6 Å². The van der Waals surface area contributed by atoms with Crippen LogP contribution in [0.15, 0.2) is 52.1 Å². The van der Waals surface area contributed by atoms with E-state index in [0.29, 0.717) is 5.69 Å². The largest absolute Gasteiger partial charge is 0.451 e. The van der Waals surface area contributed by atoms with Gasteiger partial charge in [-0.25, -0.2) is 9.78 Å². The Labute approximate surface area is 157 Å². The van der Waals surface area contributed by atoms with Gasteiger partial charge in [0.1, 0.15) is 5.01 Å². The molecule has 0 bridgehead atoms. The van der Waals surface area contributed by atoms with Crippen LogP contribution >= 0.6 is 34.4 Å². The van der Waals surface area contributed by atoms with Gasteiger partial charge in [0.2, 0.25) is 0 Å². The van der Waals surface area contributed by atoms with Gasteiger partial charge in [-0.2, -0.15) is 0 Å². The van der Waals surface area contributed by atoms with E-state index in [1.165, 1.54) is 11.3 Å². The first-order chi connectivity index (χ1) is 12.2. The standard InChI is InChI=1S/C17H14N2O3S3/c1-23-12-6-4-11(5-7-12)18-15(20)9-22-17(21)13-10-25-16(19-13)14-3-2-8-24-14/h2-8,10H,9H2,1H3,(H,18,20). The summed E-state index contributed by atoms with van der Waals surface area (Å²) in [6, 6.07) is 11.3. The molecular weight excluding hydrogens is 376 g/mol. The van der Waals surface area contributed by atoms with Gasteiger partial charge >= 0.3 is 5.97 Å². The number of carbonyl (C=O) groups is 2. The number of esters is 1. The van der Waals surface area contributed by atoms with E-state index in [9.17, 15) is 9.59 Å². The minimum atomic E-state index is -0.605. The van der Waals surface area contributed by atoms with Gasteiger partial charge in [-0.3, -0.25) is 4.79 Å². The van der Waals surface area contributed by atoms with Crippen LogP contribution in [0, 0.1) is 0 Å². The number of nitrogens with one attached hydrogen (secondary N) is 1. The molecule has 0 saturated heterocycles. The predicted octanol–water partition coefficient (Wildman–Crippen LogP) is 4.39. The zero-order valence-electron chi connectivity index (χ0n) is 13.2. The van der Waals surface area contributed by atoms with Crippen molar-refractivity contribution < 1.29 is 14.3 Å². The van der Waals surface area contributed by atoms with Crippen LogP contribution in [0.2, 0.25) is 0 Å². The topological polar surface area (TPSA) is 68.3 Å². The fourth-order valence-corrected chi connectivity index (χ4v) is 3.97. The number of benzene rings is 1. The highest BCUT2D eigenvalue weighted by atomic mass is 32.2. The first-order valence-corrected chi connectivity index (χ1v) is 10.2. The Hall–Kier alpha value is -2.16. The lowest BCUT2D eigenvalue weighted by Crippen LogP contribution is -2.21. The number of carbonyl (C=O) groups excluding carboxylic acids is 2. The molecule has 0 aliphatic carbocycles. The lowest BCUT2D eigenvalue weighted by Gasteiger charge is -2.06. The number of thioether (sulfide) groups is 1. The third-order valence-electron chi connectivity index (χ3n) is 3.15. The van der Waals surface area contributed by atoms with Gasteiger partial charge in [-0.05, 0) is 42.0 Å². The third kappa shape index (κ3) is 4.68. The molecule has 1 amide bonds. The molecule has 0 aliphatic rings. The van der Waals surface area contributed by atoms with E-state index < -0.39 is 5.97 Å². The molecule has 0 aliphatic heterocycles. The second-order valence-electron chi connectivity index (χ2n) is 4.87. The van der Waals surface area contributed by atoms with Gasteiger partial charge in [0.05, 0.1) is 4.88 Å². The van der Waals surface area contributed by atoms with Crippen LogP contribution in [0.3, 0.4) is 0 Å². The predicted molar refractivity (Wildman–Crippen MR) is 103 cm³/mol. The normalized spacial score (nSPS) is 10.4. The average Bonchev–Trinajstić information content (AvgIpc) is 3.31. The maximum atomic E-state index is 12.0. The highest BCUT2D eigenvalue weighted by Gasteiger charge is 2.15. The molecule has 25 heavy (non-hydrogen) atoms. The number of hydrogen-bond donors (Lipinski definition) is 1. The van der Waals surface area contributed by atoms with E-state index in [1.807, 2.05) is 35.9 Å². The molecule has 1 N–H and O–H groups in total. The van der Waals surface area contributed by atoms with E-state index in [2.05, 4.69) is 10.3 Å². The molecule has 0 fully saturated rings. The Kier molecular flexibility index (Phi) is 5.85. The van der Waals surface area contributed by atoms with Crippen LogP contribution in [0.4, 0.5) is 5.69 Å². The average molecular weight is 391 g/mol. The van der Waals surface area contributed by atoms with Gasteiger partial charge < -0.3 is 10.1 Å². The molecule has 0 spiro atoms. The number of anilines is 1. The number of hydrogen-bond acceptors (Lipinski definition) is 7. The smallest absolute Gasteiger partial charge is 0.358 e. The second kappa shape index (κ2) is 8.28. The molecule has 5 nitrogen and oxygen atoms in total. The van der Waals surface area contributed by atoms with Gasteiger partial charge in [0, 0.05) is 16.0 Å². The summed E-state index contributed by atoms with van der Waals surface area (Å²) in [4.78, 5) is 30.3. The first-order valence-electron chi connectivity index (χ1n) is 7.26. The summed E-state index contributed by atoms with van der Waals surface area (Å²) >= 11 is 4.55. The van der Waals surface area contributed by atoms with E-state index in [4.69, 9.17) is 4.74 Å². The fraction of sp³-hybridized carbons (Fsp3) is 0.118. The van der Waals surface area contributed by atoms with Crippen LogP contribution in [0.5, 0.6) is 0 Å². The molecule has 2 aromatic heterocycles. The van der Waals surface area contributed by atoms with Crippen molar-refractivity contribution in [2.75, 3.05) is 18.2 Å². The Bertz CT molecular complexity index is 858. The lowest BCUT2D eigenvalue weighted by atomic mass is 10.3. The summed E-state index contributed by atoms with van der Waals surface area (Å²) in [6.07, 6.45) is 1.98. The van der Waals surface area contributed by atoms with E-state index in [0.717, 1.165) is 14.8 Å². The Balaban J connectivity index is 1.52. The van der Waals surface area contributed by atoms with Crippen LogP contribution in [0.1, 0.15) is 10.5 Å². The molecule has 8 heteroatoms. The summed E-state index contributed by atoms with van der Waals surface area (Å²) < 4.78 is 5.03. The molecule has 128 valence electrons. The molecule has 3 rings (SSSR count). The maximum Gasteiger partial charge on any atom is 0.358 e. The van der Waals surface area contributed by atoms with Crippen molar-refractivity contribution in [3.63, 3.8) is 0 Å². The van der Waals surface area contributed by atoms with Crippen LogP contribution in [0.25, 0.3) is 9.88 Å². The summed E-state index contributed by atoms with van der Waals surface area (Å²) in [6.45, 7) is -0.352. The fourth-order valence-electron chi connectivity index (χ4n) is 1.96. The summed E-state index contributed by atoms with van der Waals surface area (Å²) in [7, 11) is 0. The number of thiophene rings is 1. The molecule has 2 heterocycles. The molecule has 0 radical (unpaired) electrons. The molecule has 0 atom stereocenters. The summed E-state index contributed by atoms with van der Waals surface area (Å²) in [5, 5.41) is 7.03. The molecule has 0 saturated carbocycles. The van der Waals surface area contributed by atoms with Crippen molar-refractivity contribution in [3.8, 4) is 9.88 Å². The third-order valence-corrected chi connectivity index (χ3v) is 5.78. The highest BCUT2D eigenvalue weighted by molar-refractivity contribution is 7.98. The number of aromatic nitrogens is 1. The number of amides is 1. The minimum absolute atomic E-state index is 0.213. The zero-order valence-corrected chi connectivity index (χ0v) is 15.7. The highest BCUT2D eigenvalue weighted by Crippen LogP contribution is 2.27. The molecular formula is C17H14N2O3S3. The van der Waals surface area contributed by atoms with Crippen molar-refractivity contribution in [1.29, 1.82) is 0 Å². The van der Waals surface area contributed by atoms with Crippen LogP contribution < -0.4 is 5.32 Å². The Morgan fingerprint density at radius 2 is 2.00 bits per heavy atom. The number of thiazole rings is 1. The zero-order chi connectivity index (χ0) is 17.6. The monoisotopic (exact) mass is 390 g/mol. The van der Waals surface area contributed by atoms with Gasteiger partial charge in [0.15, 0.2) is 12.3 Å². The van der Waals surface area contributed by atoms with Crippen molar-refractivity contribution in [3.05, 3.63) is 52.9 Å². The quantitative estimate of drug-likeness (QED) is 0.499. The first kappa shape index (κ1) is 17.7. The van der Waals surface area contributed by atoms with Crippen molar-refractivity contribution in [1.82, 2.24) is 4.98 Å². The van der Waals surface area contributed by atoms with Gasteiger partial charge in [-0.15, -0.1) is 34.4 Å². The van der Waals surface area contributed by atoms with Crippen LogP contribution in [-0.4, -0.2) is 29.7 Å². The summed E-state index contributed by atoms with van der Waals surface area (Å²) in [5.74, 6) is -0.995. The SMILES string of the molecule is CSc1ccc(NC(=O)COC(=O)c2csc(-c3cccs3)n2)cc1. The number of ether oxygens (including phenoxy) is 1. The van der Waals surface area contributed by atoms with Crippen molar-refractivity contribution >= 4 is 52.0 Å². The van der Waals surface area contributed by atoms with Gasteiger partial charge in [-0.1, -0.05) is 6.07 Å². The molecule has 3 aromatic rings. The van der Waals surface area contributed by atoms with Crippen molar-refractivity contribution in [2.45, 2.75) is 4.90 Å². The van der Waals surface area contributed by atoms with Gasteiger partial charge in [0.25, 0.3) is 5.91 Å². The number of nitrogens with zero attached hydrogens (tertiary/aromatic N) is 1. The molecule has 0 unspecified atom stereocenters. The van der Waals surface area contributed by atoms with E-state index >= 15 is 0 Å². The van der Waals surface area contributed by atoms with Crippen molar-refractivity contribution in [2.24, 2.45) is 0 Å². The minimum Gasteiger partial charge on any atom is -0.451 e. The van der Waals surface area contributed by atoms with Crippen LogP contribution in [-0.2, 0) is 9.53 Å². The maximum absolute atomic E-state index is 12.0.